The standard InChI is InChI=1S/C54H44N2/c1-37-21-29-49-45(33-37)13-11-19-53(49)55(47-15-7-5-8-16-47)51-31-27-43(35-39(51)3)41-23-25-42(26-24-41)44-28-32-52(40(4)36-44)56(48-17-9-6-10-18-48)54-20-12-14-46-34-38(2)22-30-50(46)54/h5-36H,1-4H3. The van der Waals surface area contributed by atoms with Crippen LogP contribution in [0.1, 0.15) is 22.3 Å². The van der Waals surface area contributed by atoms with Crippen molar-refractivity contribution >= 4 is 55.7 Å². The molecule has 0 radical (unpaired) electrons. The molecule has 0 aromatic heterocycles. The number of hydrogen-bond acceptors (Lipinski definition) is 2. The minimum Gasteiger partial charge on any atom is -0.310 e. The Balaban J connectivity index is 1.04. The molecule has 0 spiro atoms. The highest BCUT2D eigenvalue weighted by molar-refractivity contribution is 6.01. The predicted octanol–water partition coefficient (Wildman–Crippen LogP) is 15.5. The Morgan fingerprint density at radius 1 is 0.286 bits per heavy atom. The summed E-state index contributed by atoms with van der Waals surface area (Å²) in [5, 5.41) is 4.97. The molecule has 9 aromatic carbocycles. The van der Waals surface area contributed by atoms with Crippen molar-refractivity contribution in [3.63, 3.8) is 0 Å². The van der Waals surface area contributed by atoms with Gasteiger partial charge in [0.1, 0.15) is 0 Å². The van der Waals surface area contributed by atoms with Crippen LogP contribution in [0.3, 0.4) is 0 Å². The van der Waals surface area contributed by atoms with Gasteiger partial charge in [-0.25, -0.2) is 0 Å². The van der Waals surface area contributed by atoms with Gasteiger partial charge in [-0.05, 0) is 133 Å². The minimum atomic E-state index is 1.14. The average molecular weight is 721 g/mol. The number of hydrogen-bond donors (Lipinski definition) is 0. The summed E-state index contributed by atoms with van der Waals surface area (Å²) >= 11 is 0. The molecule has 0 fully saturated rings. The Morgan fingerprint density at radius 2 is 0.679 bits per heavy atom. The van der Waals surface area contributed by atoms with Crippen molar-refractivity contribution in [3.8, 4) is 22.3 Å². The number of aryl methyl sites for hydroxylation is 4. The van der Waals surface area contributed by atoms with E-state index in [0.717, 1.165) is 11.4 Å². The predicted molar refractivity (Wildman–Crippen MR) is 241 cm³/mol. The van der Waals surface area contributed by atoms with E-state index in [9.17, 15) is 0 Å². The van der Waals surface area contributed by atoms with E-state index in [1.54, 1.807) is 0 Å². The molecule has 270 valence electrons. The molecule has 2 nitrogen and oxygen atoms in total. The van der Waals surface area contributed by atoms with E-state index in [4.69, 9.17) is 0 Å². The molecule has 56 heavy (non-hydrogen) atoms. The number of nitrogens with zero attached hydrogens (tertiary/aromatic N) is 2. The third kappa shape index (κ3) is 6.61. The zero-order valence-electron chi connectivity index (χ0n) is 32.4. The highest BCUT2D eigenvalue weighted by Gasteiger charge is 2.19. The fourth-order valence-electron chi connectivity index (χ4n) is 8.16. The molecule has 0 saturated heterocycles. The quantitative estimate of drug-likeness (QED) is 0.154. The molecular weight excluding hydrogens is 677 g/mol. The van der Waals surface area contributed by atoms with Crippen LogP contribution in [0.15, 0.2) is 194 Å². The first-order valence-corrected chi connectivity index (χ1v) is 19.4. The van der Waals surface area contributed by atoms with E-state index >= 15 is 0 Å². The van der Waals surface area contributed by atoms with Gasteiger partial charge in [-0.3, -0.25) is 0 Å². The zero-order valence-corrected chi connectivity index (χ0v) is 32.4. The Bertz CT molecular complexity index is 2640. The van der Waals surface area contributed by atoms with Crippen molar-refractivity contribution in [2.24, 2.45) is 0 Å². The molecule has 0 aliphatic rings. The summed E-state index contributed by atoms with van der Waals surface area (Å²) in [7, 11) is 0. The lowest BCUT2D eigenvalue weighted by Crippen LogP contribution is -2.12. The number of para-hydroxylation sites is 2. The summed E-state index contributed by atoms with van der Waals surface area (Å²) in [6.45, 7) is 8.75. The van der Waals surface area contributed by atoms with Gasteiger partial charge in [0.15, 0.2) is 0 Å². The van der Waals surface area contributed by atoms with Crippen LogP contribution in [0.25, 0.3) is 43.8 Å². The van der Waals surface area contributed by atoms with Crippen LogP contribution < -0.4 is 9.80 Å². The summed E-state index contributed by atoms with van der Waals surface area (Å²) in [5.41, 5.74) is 16.7. The van der Waals surface area contributed by atoms with Crippen LogP contribution in [-0.4, -0.2) is 0 Å². The summed E-state index contributed by atoms with van der Waals surface area (Å²) in [6, 6.07) is 70.7. The molecule has 0 atom stereocenters. The van der Waals surface area contributed by atoms with Crippen molar-refractivity contribution in [1.29, 1.82) is 0 Å². The number of anilines is 6. The van der Waals surface area contributed by atoms with Crippen LogP contribution in [-0.2, 0) is 0 Å². The van der Waals surface area contributed by atoms with Gasteiger partial charge >= 0.3 is 0 Å². The van der Waals surface area contributed by atoms with E-state index in [0.29, 0.717) is 0 Å². The molecule has 0 amide bonds. The van der Waals surface area contributed by atoms with Gasteiger partial charge in [-0.15, -0.1) is 0 Å². The zero-order chi connectivity index (χ0) is 38.2. The smallest absolute Gasteiger partial charge is 0.0540 e. The number of benzene rings is 9. The van der Waals surface area contributed by atoms with Gasteiger partial charge in [0.2, 0.25) is 0 Å². The van der Waals surface area contributed by atoms with Crippen molar-refractivity contribution in [3.05, 3.63) is 216 Å². The maximum absolute atomic E-state index is 2.39. The maximum atomic E-state index is 2.39. The molecule has 0 saturated carbocycles. The second kappa shape index (κ2) is 14.7. The largest absolute Gasteiger partial charge is 0.310 e. The van der Waals surface area contributed by atoms with Crippen LogP contribution in [0.4, 0.5) is 34.1 Å². The van der Waals surface area contributed by atoms with E-state index in [-0.39, 0.29) is 0 Å². The lowest BCUT2D eigenvalue weighted by molar-refractivity contribution is 1.26. The number of rotatable bonds is 8. The van der Waals surface area contributed by atoms with Crippen LogP contribution in [0.5, 0.6) is 0 Å². The average Bonchev–Trinajstić information content (AvgIpc) is 3.23. The monoisotopic (exact) mass is 720 g/mol. The first kappa shape index (κ1) is 34.8. The van der Waals surface area contributed by atoms with E-state index in [1.807, 2.05) is 0 Å². The van der Waals surface area contributed by atoms with E-state index in [1.165, 1.54) is 88.8 Å². The lowest BCUT2D eigenvalue weighted by atomic mass is 9.96. The molecule has 0 unspecified atom stereocenters. The molecule has 0 N–H and O–H groups in total. The first-order chi connectivity index (χ1) is 27.4. The van der Waals surface area contributed by atoms with Gasteiger partial charge in [0.05, 0.1) is 11.4 Å². The molecule has 0 bridgehead atoms. The lowest BCUT2D eigenvalue weighted by Gasteiger charge is -2.28. The first-order valence-electron chi connectivity index (χ1n) is 19.4. The highest BCUT2D eigenvalue weighted by atomic mass is 15.2. The second-order valence-corrected chi connectivity index (χ2v) is 14.9. The molecule has 0 aliphatic carbocycles. The van der Waals surface area contributed by atoms with E-state index < -0.39 is 0 Å². The Hall–Kier alpha value is -6.90. The summed E-state index contributed by atoms with van der Waals surface area (Å²) in [6.07, 6.45) is 0. The Labute approximate surface area is 330 Å². The highest BCUT2D eigenvalue weighted by Crippen LogP contribution is 2.43. The fraction of sp³-hybridized carbons (Fsp3) is 0.0741. The summed E-state index contributed by atoms with van der Waals surface area (Å²) in [5.74, 6) is 0. The maximum Gasteiger partial charge on any atom is 0.0540 e. The van der Waals surface area contributed by atoms with Gasteiger partial charge in [-0.2, -0.15) is 0 Å². The molecule has 2 heteroatoms. The molecule has 0 heterocycles. The molecular formula is C54H44N2. The van der Waals surface area contributed by atoms with Gasteiger partial charge in [0.25, 0.3) is 0 Å². The SMILES string of the molecule is Cc1ccc2c(N(c3ccccc3)c3ccc(-c4ccc(-c5ccc(N(c6ccccc6)c6cccc7cc(C)ccc67)c(C)c5)cc4)cc3C)cccc2c1. The molecule has 9 aromatic rings. The third-order valence-corrected chi connectivity index (χ3v) is 11.0. The molecule has 9 rings (SSSR count). The fourth-order valence-corrected chi connectivity index (χ4v) is 8.16. The van der Waals surface area contributed by atoms with Crippen molar-refractivity contribution < 1.29 is 0 Å². The van der Waals surface area contributed by atoms with Crippen molar-refractivity contribution in [2.75, 3.05) is 9.80 Å². The van der Waals surface area contributed by atoms with Crippen LogP contribution in [0, 0.1) is 27.7 Å². The Kier molecular flexibility index (Phi) is 9.17. The van der Waals surface area contributed by atoms with Gasteiger partial charge in [-0.1, -0.05) is 145 Å². The summed E-state index contributed by atoms with van der Waals surface area (Å²) < 4.78 is 0. The van der Waals surface area contributed by atoms with E-state index in [2.05, 4.69) is 232 Å². The Morgan fingerprint density at radius 3 is 1.07 bits per heavy atom. The minimum absolute atomic E-state index is 1.14. The van der Waals surface area contributed by atoms with Crippen LogP contribution in [0.2, 0.25) is 0 Å². The second-order valence-electron chi connectivity index (χ2n) is 14.9. The third-order valence-electron chi connectivity index (χ3n) is 11.0. The topological polar surface area (TPSA) is 6.48 Å². The van der Waals surface area contributed by atoms with Gasteiger partial charge < -0.3 is 9.80 Å². The van der Waals surface area contributed by atoms with Crippen LogP contribution >= 0.6 is 0 Å². The van der Waals surface area contributed by atoms with Crippen molar-refractivity contribution in [2.45, 2.75) is 27.7 Å². The normalized spacial score (nSPS) is 11.2. The van der Waals surface area contributed by atoms with Gasteiger partial charge in [0, 0.05) is 33.5 Å². The van der Waals surface area contributed by atoms with Crippen molar-refractivity contribution in [1.82, 2.24) is 0 Å². The summed E-state index contributed by atoms with van der Waals surface area (Å²) in [4.78, 5) is 4.79. The molecule has 0 aliphatic heterocycles. The number of fused-ring (bicyclic) bond motifs is 2.